The van der Waals surface area contributed by atoms with E-state index in [4.69, 9.17) is 0 Å². The number of para-hydroxylation sites is 1. The van der Waals surface area contributed by atoms with E-state index in [0.29, 0.717) is 23.4 Å². The number of aromatic nitrogens is 2. The number of fused-ring (bicyclic) bond motifs is 1. The van der Waals surface area contributed by atoms with Crippen LogP contribution in [0.2, 0.25) is 0 Å². The van der Waals surface area contributed by atoms with Gasteiger partial charge in [0.25, 0.3) is 11.8 Å². The van der Waals surface area contributed by atoms with Gasteiger partial charge < -0.3 is 14.8 Å². The Hall–Kier alpha value is -4.19. The molecule has 6 nitrogen and oxygen atoms in total. The van der Waals surface area contributed by atoms with Crippen molar-refractivity contribution in [3.8, 4) is 5.82 Å². The molecule has 0 saturated heterocycles. The van der Waals surface area contributed by atoms with Crippen LogP contribution in [0.1, 0.15) is 37.7 Å². The molecule has 0 fully saturated rings. The molecule has 0 unspecified atom stereocenters. The van der Waals surface area contributed by atoms with Gasteiger partial charge in [-0.2, -0.15) is 0 Å². The van der Waals surface area contributed by atoms with E-state index in [9.17, 15) is 9.59 Å². The Morgan fingerprint density at radius 1 is 0.939 bits per heavy atom. The summed E-state index contributed by atoms with van der Waals surface area (Å²) in [4.78, 5) is 32.2. The molecule has 2 amide bonds. The Labute approximate surface area is 192 Å². The van der Waals surface area contributed by atoms with Crippen LogP contribution in [0.25, 0.3) is 5.82 Å². The maximum absolute atomic E-state index is 13.0. The number of nitrogens with zero attached hydrogens (tertiary/aromatic N) is 3. The van der Waals surface area contributed by atoms with Gasteiger partial charge in [-0.25, -0.2) is 4.98 Å². The van der Waals surface area contributed by atoms with Crippen molar-refractivity contribution < 1.29 is 9.59 Å². The molecule has 0 saturated carbocycles. The van der Waals surface area contributed by atoms with Crippen LogP contribution in [0, 0.1) is 13.8 Å². The second-order valence-corrected chi connectivity index (χ2v) is 8.18. The van der Waals surface area contributed by atoms with E-state index in [0.717, 1.165) is 29.3 Å². The van der Waals surface area contributed by atoms with E-state index < -0.39 is 0 Å². The van der Waals surface area contributed by atoms with Crippen molar-refractivity contribution in [3.63, 3.8) is 0 Å². The third kappa shape index (κ3) is 3.80. The number of carbonyl (C=O) groups is 2. The van der Waals surface area contributed by atoms with Gasteiger partial charge in [-0.15, -0.1) is 0 Å². The second kappa shape index (κ2) is 8.39. The number of hydrogen-bond donors (Lipinski definition) is 1. The summed E-state index contributed by atoms with van der Waals surface area (Å²) in [5.41, 5.74) is 5.75. The zero-order valence-electron chi connectivity index (χ0n) is 18.6. The lowest BCUT2D eigenvalue weighted by Crippen LogP contribution is -2.28. The Morgan fingerprint density at radius 2 is 1.70 bits per heavy atom. The zero-order chi connectivity index (χ0) is 22.9. The van der Waals surface area contributed by atoms with Gasteiger partial charge in [-0.3, -0.25) is 9.59 Å². The number of hydrogen-bond acceptors (Lipinski definition) is 3. The highest BCUT2D eigenvalue weighted by atomic mass is 16.2. The highest BCUT2D eigenvalue weighted by Crippen LogP contribution is 2.29. The molecule has 3 heterocycles. The number of amides is 2. The highest BCUT2D eigenvalue weighted by Gasteiger charge is 2.25. The van der Waals surface area contributed by atoms with E-state index >= 15 is 0 Å². The summed E-state index contributed by atoms with van der Waals surface area (Å²) in [5.74, 6) is 0.549. The Kier molecular flexibility index (Phi) is 5.26. The van der Waals surface area contributed by atoms with E-state index in [1.165, 1.54) is 5.56 Å². The summed E-state index contributed by atoms with van der Waals surface area (Å²) in [6.45, 7) is 4.55. The lowest BCUT2D eigenvalue weighted by Gasteiger charge is -2.17. The van der Waals surface area contributed by atoms with Gasteiger partial charge in [-0.05, 0) is 74.4 Å². The Bertz CT molecular complexity index is 1340. The van der Waals surface area contributed by atoms with Gasteiger partial charge in [0.2, 0.25) is 0 Å². The lowest BCUT2D eigenvalue weighted by molar-refractivity contribution is 0.0988. The fraction of sp³-hybridized carbons (Fsp3) is 0.148. The largest absolute Gasteiger partial charge is 0.322 e. The van der Waals surface area contributed by atoms with Crippen molar-refractivity contribution in [3.05, 3.63) is 107 Å². The molecule has 1 N–H and O–H groups in total. The molecule has 2 aromatic carbocycles. The summed E-state index contributed by atoms with van der Waals surface area (Å²) < 4.78 is 1.96. The molecule has 0 atom stereocenters. The van der Waals surface area contributed by atoms with Crippen LogP contribution in [0.4, 0.5) is 11.4 Å². The van der Waals surface area contributed by atoms with E-state index in [-0.39, 0.29) is 11.8 Å². The molecule has 33 heavy (non-hydrogen) atoms. The van der Waals surface area contributed by atoms with Crippen LogP contribution in [0.5, 0.6) is 0 Å². The molecule has 2 aromatic heterocycles. The smallest absolute Gasteiger partial charge is 0.258 e. The minimum absolute atomic E-state index is 0.0308. The van der Waals surface area contributed by atoms with Crippen molar-refractivity contribution in [2.75, 3.05) is 16.8 Å². The standard InChI is InChI=1S/C27H24N4O2/c1-18-17-23(19(2)31(18)25-9-5-6-15-28-25)26(32)29-22-12-10-21(11-13-22)27(33)30-16-14-20-7-3-4-8-24(20)30/h3-13,15,17H,14,16H2,1-2H3,(H,29,32). The van der Waals surface area contributed by atoms with Crippen molar-refractivity contribution in [1.29, 1.82) is 0 Å². The molecule has 6 heteroatoms. The molecular formula is C27H24N4O2. The maximum atomic E-state index is 13.0. The van der Waals surface area contributed by atoms with Crippen LogP contribution < -0.4 is 10.2 Å². The summed E-state index contributed by atoms with van der Waals surface area (Å²) in [7, 11) is 0. The number of aryl methyl sites for hydroxylation is 1. The summed E-state index contributed by atoms with van der Waals surface area (Å²) >= 11 is 0. The summed E-state index contributed by atoms with van der Waals surface area (Å²) in [5, 5.41) is 2.94. The number of benzene rings is 2. The topological polar surface area (TPSA) is 67.2 Å². The van der Waals surface area contributed by atoms with Gasteiger partial charge in [0, 0.05) is 41.1 Å². The first-order chi connectivity index (χ1) is 16.0. The SMILES string of the molecule is Cc1cc(C(=O)Nc2ccc(C(=O)N3CCc4ccccc43)cc2)c(C)n1-c1ccccn1. The average Bonchev–Trinajstić information content (AvgIpc) is 3.40. The lowest BCUT2D eigenvalue weighted by atomic mass is 10.1. The predicted octanol–water partition coefficient (Wildman–Crippen LogP) is 4.94. The third-order valence-corrected chi connectivity index (χ3v) is 6.08. The van der Waals surface area contributed by atoms with Crippen molar-refractivity contribution >= 4 is 23.2 Å². The highest BCUT2D eigenvalue weighted by molar-refractivity contribution is 6.08. The van der Waals surface area contributed by atoms with Gasteiger partial charge in [0.05, 0.1) is 5.56 Å². The molecule has 0 spiro atoms. The van der Waals surface area contributed by atoms with Crippen molar-refractivity contribution in [2.24, 2.45) is 0 Å². The average molecular weight is 437 g/mol. The molecule has 0 aliphatic carbocycles. The Balaban J connectivity index is 1.32. The van der Waals surface area contributed by atoms with Crippen LogP contribution in [0.15, 0.2) is 79.0 Å². The number of pyridine rings is 1. The minimum atomic E-state index is -0.196. The van der Waals surface area contributed by atoms with Gasteiger partial charge in [-0.1, -0.05) is 24.3 Å². The monoisotopic (exact) mass is 436 g/mol. The van der Waals surface area contributed by atoms with Crippen molar-refractivity contribution in [2.45, 2.75) is 20.3 Å². The molecule has 1 aliphatic rings. The maximum Gasteiger partial charge on any atom is 0.258 e. The van der Waals surface area contributed by atoms with E-state index in [2.05, 4.69) is 16.4 Å². The van der Waals surface area contributed by atoms with Crippen LogP contribution in [0.3, 0.4) is 0 Å². The first kappa shape index (κ1) is 20.7. The number of carbonyl (C=O) groups excluding carboxylic acids is 2. The molecule has 1 aliphatic heterocycles. The fourth-order valence-corrected chi connectivity index (χ4v) is 4.43. The first-order valence-corrected chi connectivity index (χ1v) is 10.9. The first-order valence-electron chi connectivity index (χ1n) is 10.9. The number of nitrogens with one attached hydrogen (secondary N) is 1. The minimum Gasteiger partial charge on any atom is -0.322 e. The van der Waals surface area contributed by atoms with Gasteiger partial charge in [0.15, 0.2) is 0 Å². The van der Waals surface area contributed by atoms with Crippen molar-refractivity contribution in [1.82, 2.24) is 9.55 Å². The fourth-order valence-electron chi connectivity index (χ4n) is 4.43. The Morgan fingerprint density at radius 3 is 2.45 bits per heavy atom. The normalized spacial score (nSPS) is 12.5. The second-order valence-electron chi connectivity index (χ2n) is 8.18. The van der Waals surface area contributed by atoms with Gasteiger partial charge in [0.1, 0.15) is 5.82 Å². The third-order valence-electron chi connectivity index (χ3n) is 6.08. The van der Waals surface area contributed by atoms with Gasteiger partial charge >= 0.3 is 0 Å². The summed E-state index contributed by atoms with van der Waals surface area (Å²) in [6, 6.07) is 22.6. The number of rotatable bonds is 4. The quantitative estimate of drug-likeness (QED) is 0.493. The molecule has 0 radical (unpaired) electrons. The molecule has 164 valence electrons. The van der Waals surface area contributed by atoms with E-state index in [1.54, 1.807) is 30.5 Å². The van der Waals surface area contributed by atoms with E-state index in [1.807, 2.05) is 65.8 Å². The molecule has 5 rings (SSSR count). The number of anilines is 2. The summed E-state index contributed by atoms with van der Waals surface area (Å²) in [6.07, 6.45) is 2.60. The van der Waals surface area contributed by atoms with Crippen LogP contribution in [-0.4, -0.2) is 27.9 Å². The zero-order valence-corrected chi connectivity index (χ0v) is 18.6. The molecular weight excluding hydrogens is 412 g/mol. The van der Waals surface area contributed by atoms with Crippen LogP contribution in [-0.2, 0) is 6.42 Å². The van der Waals surface area contributed by atoms with Crippen LogP contribution >= 0.6 is 0 Å². The molecule has 4 aromatic rings. The predicted molar refractivity (Wildman–Crippen MR) is 129 cm³/mol. The molecule has 0 bridgehead atoms.